The Bertz CT molecular complexity index is 858. The monoisotopic (exact) mass is 416 g/mol. The van der Waals surface area contributed by atoms with Gasteiger partial charge >= 0.3 is 5.97 Å². The number of esters is 1. The molecule has 0 aliphatic heterocycles. The number of carbonyl (C=O) groups excluding carboxylic acids is 3. The number of ketones is 2. The molecule has 3 fully saturated rings. The van der Waals surface area contributed by atoms with E-state index in [0.29, 0.717) is 19.3 Å². The summed E-state index contributed by atoms with van der Waals surface area (Å²) in [6, 6.07) is 0. The number of ether oxygens (including phenoxy) is 1. The zero-order chi connectivity index (χ0) is 22.1. The Hall–Kier alpha value is -1.79. The first-order valence-electron chi connectivity index (χ1n) is 11.0. The van der Waals surface area contributed by atoms with Crippen molar-refractivity contribution in [3.63, 3.8) is 0 Å². The largest absolute Gasteiger partial charge is 0.458 e. The lowest BCUT2D eigenvalue weighted by atomic mass is 9.45. The second-order valence-corrected chi connectivity index (χ2v) is 10.3. The molecule has 3 saturated carbocycles. The fourth-order valence-corrected chi connectivity index (χ4v) is 7.50. The lowest BCUT2D eigenvalue weighted by Crippen LogP contribution is -2.62. The maximum atomic E-state index is 12.9. The van der Waals surface area contributed by atoms with Crippen LogP contribution in [0.4, 0.5) is 0 Å². The summed E-state index contributed by atoms with van der Waals surface area (Å²) in [5.41, 5.74) is -1.72. The van der Waals surface area contributed by atoms with Crippen molar-refractivity contribution in [2.45, 2.75) is 65.1 Å². The molecule has 4 aliphatic carbocycles. The SMILES string of the molecule is CC(=O)OCC(=O)[C@@]1(O)CC[C@@H]2[C@@H]3C[C@H](C)C4=CC(=O)C=C[C@]4(C)[C@@H]3[C@@H](O)C[C@@]21C. The van der Waals surface area contributed by atoms with Gasteiger partial charge in [-0.25, -0.2) is 0 Å². The number of allylic oxidation sites excluding steroid dienone is 4. The summed E-state index contributed by atoms with van der Waals surface area (Å²) in [5.74, 6) is -0.712. The quantitative estimate of drug-likeness (QED) is 0.685. The Labute approximate surface area is 177 Å². The van der Waals surface area contributed by atoms with Crippen LogP contribution in [-0.2, 0) is 19.1 Å². The number of hydrogen-bond acceptors (Lipinski definition) is 6. The van der Waals surface area contributed by atoms with Crippen LogP contribution in [0.3, 0.4) is 0 Å². The smallest absolute Gasteiger partial charge is 0.303 e. The number of carbonyl (C=O) groups is 3. The van der Waals surface area contributed by atoms with Gasteiger partial charge in [0.05, 0.1) is 6.10 Å². The summed E-state index contributed by atoms with van der Waals surface area (Å²) in [6.45, 7) is 6.94. The molecule has 0 spiro atoms. The average molecular weight is 417 g/mol. The Morgan fingerprint density at radius 2 is 2.00 bits per heavy atom. The Balaban J connectivity index is 1.70. The van der Waals surface area contributed by atoms with Crippen molar-refractivity contribution in [2.75, 3.05) is 6.61 Å². The molecular formula is C24H32O6. The van der Waals surface area contributed by atoms with Crippen LogP contribution in [0.5, 0.6) is 0 Å². The van der Waals surface area contributed by atoms with E-state index in [4.69, 9.17) is 4.74 Å². The third-order valence-electron chi connectivity index (χ3n) is 8.84. The summed E-state index contributed by atoms with van der Waals surface area (Å²) in [7, 11) is 0. The first-order valence-corrected chi connectivity index (χ1v) is 11.0. The van der Waals surface area contributed by atoms with Crippen LogP contribution >= 0.6 is 0 Å². The highest BCUT2D eigenvalue weighted by atomic mass is 16.5. The minimum Gasteiger partial charge on any atom is -0.458 e. The van der Waals surface area contributed by atoms with Crippen molar-refractivity contribution >= 4 is 17.5 Å². The Morgan fingerprint density at radius 1 is 1.30 bits per heavy atom. The van der Waals surface area contributed by atoms with Gasteiger partial charge in [0.15, 0.2) is 12.4 Å². The standard InChI is InChI=1S/C24H32O6/c1-13-9-16-17-6-8-24(29,20(28)12-30-14(2)25)23(17,4)11-19(27)21(16)22(3)7-5-15(26)10-18(13)22/h5,7,10,13,16-17,19,21,27,29H,6,8-9,11-12H2,1-4H3/t13-,16-,17+,19-,21-,22-,23-,24-/m0/s1. The lowest BCUT2D eigenvalue weighted by molar-refractivity contribution is -0.182. The van der Waals surface area contributed by atoms with Gasteiger partial charge in [-0.2, -0.15) is 0 Å². The topological polar surface area (TPSA) is 101 Å². The molecule has 0 radical (unpaired) electrons. The molecule has 0 saturated heterocycles. The van der Waals surface area contributed by atoms with Gasteiger partial charge in [-0.1, -0.05) is 32.4 Å². The van der Waals surface area contributed by atoms with Crippen LogP contribution in [0, 0.1) is 34.5 Å². The Morgan fingerprint density at radius 3 is 2.67 bits per heavy atom. The van der Waals surface area contributed by atoms with Gasteiger partial charge in [0.1, 0.15) is 5.60 Å². The summed E-state index contributed by atoms with van der Waals surface area (Å²) in [4.78, 5) is 36.1. The van der Waals surface area contributed by atoms with Crippen LogP contribution in [0.25, 0.3) is 0 Å². The van der Waals surface area contributed by atoms with Gasteiger partial charge in [-0.15, -0.1) is 0 Å². The Kier molecular flexibility index (Phi) is 4.90. The second-order valence-electron chi connectivity index (χ2n) is 10.3. The van der Waals surface area contributed by atoms with Gasteiger partial charge in [0.25, 0.3) is 0 Å². The van der Waals surface area contributed by atoms with Crippen molar-refractivity contribution in [3.8, 4) is 0 Å². The number of rotatable bonds is 3. The normalized spacial score (nSPS) is 47.1. The minimum absolute atomic E-state index is 0.00535. The molecule has 0 bridgehead atoms. The molecule has 6 nitrogen and oxygen atoms in total. The van der Waals surface area contributed by atoms with E-state index in [1.807, 2.05) is 13.0 Å². The van der Waals surface area contributed by atoms with E-state index >= 15 is 0 Å². The van der Waals surface area contributed by atoms with Gasteiger partial charge < -0.3 is 14.9 Å². The number of hydrogen-bond donors (Lipinski definition) is 2. The van der Waals surface area contributed by atoms with Crippen molar-refractivity contribution in [1.29, 1.82) is 0 Å². The van der Waals surface area contributed by atoms with Crippen molar-refractivity contribution in [1.82, 2.24) is 0 Å². The molecule has 0 aromatic carbocycles. The van der Waals surface area contributed by atoms with E-state index in [1.54, 1.807) is 12.2 Å². The molecule has 0 amide bonds. The van der Waals surface area contributed by atoms with Gasteiger partial charge in [-0.05, 0) is 55.6 Å². The molecule has 0 unspecified atom stereocenters. The van der Waals surface area contributed by atoms with E-state index in [1.165, 1.54) is 6.92 Å². The molecule has 8 atom stereocenters. The lowest BCUT2D eigenvalue weighted by Gasteiger charge is -2.60. The molecule has 30 heavy (non-hydrogen) atoms. The molecule has 0 aromatic rings. The highest BCUT2D eigenvalue weighted by Gasteiger charge is 2.68. The number of aliphatic hydroxyl groups excluding tert-OH is 1. The molecule has 4 aliphatic rings. The minimum atomic E-state index is -1.61. The fourth-order valence-electron chi connectivity index (χ4n) is 7.50. The predicted octanol–water partition coefficient (Wildman–Crippen LogP) is 2.37. The maximum Gasteiger partial charge on any atom is 0.303 e. The summed E-state index contributed by atoms with van der Waals surface area (Å²) < 4.78 is 4.89. The molecule has 0 heterocycles. The van der Waals surface area contributed by atoms with Gasteiger partial charge in [-0.3, -0.25) is 14.4 Å². The van der Waals surface area contributed by atoms with Crippen molar-refractivity contribution in [2.24, 2.45) is 34.5 Å². The molecular weight excluding hydrogens is 384 g/mol. The van der Waals surface area contributed by atoms with E-state index < -0.39 is 40.9 Å². The third kappa shape index (κ3) is 2.79. The van der Waals surface area contributed by atoms with Crippen LogP contribution in [-0.4, -0.2) is 46.1 Å². The molecule has 2 N–H and O–H groups in total. The van der Waals surface area contributed by atoms with Crippen LogP contribution < -0.4 is 0 Å². The number of fused-ring (bicyclic) bond motifs is 5. The number of Topliss-reactive ketones (excluding diaryl/α,β-unsaturated/α-hetero) is 1. The highest BCUT2D eigenvalue weighted by Crippen LogP contribution is 2.67. The second kappa shape index (κ2) is 6.86. The van der Waals surface area contributed by atoms with E-state index in [-0.39, 0.29) is 29.5 Å². The van der Waals surface area contributed by atoms with Crippen LogP contribution in [0.15, 0.2) is 23.8 Å². The summed E-state index contributed by atoms with van der Waals surface area (Å²) in [5, 5.41) is 22.9. The van der Waals surface area contributed by atoms with Crippen LogP contribution in [0.1, 0.15) is 53.4 Å². The summed E-state index contributed by atoms with van der Waals surface area (Å²) in [6.07, 6.45) is 6.71. The van der Waals surface area contributed by atoms with Gasteiger partial charge in [0, 0.05) is 23.7 Å². The van der Waals surface area contributed by atoms with E-state index in [9.17, 15) is 24.6 Å². The average Bonchev–Trinajstić information content (AvgIpc) is 2.93. The van der Waals surface area contributed by atoms with Crippen LogP contribution in [0.2, 0.25) is 0 Å². The third-order valence-corrected chi connectivity index (χ3v) is 8.84. The molecule has 0 aromatic heterocycles. The fraction of sp³-hybridized carbons (Fsp3) is 0.708. The number of aliphatic hydroxyl groups is 2. The molecule has 4 rings (SSSR count). The van der Waals surface area contributed by atoms with E-state index in [0.717, 1.165) is 12.0 Å². The zero-order valence-corrected chi connectivity index (χ0v) is 18.2. The molecule has 6 heteroatoms. The predicted molar refractivity (Wildman–Crippen MR) is 109 cm³/mol. The summed E-state index contributed by atoms with van der Waals surface area (Å²) >= 11 is 0. The van der Waals surface area contributed by atoms with Crippen molar-refractivity contribution < 1.29 is 29.3 Å². The molecule has 164 valence electrons. The highest BCUT2D eigenvalue weighted by molar-refractivity contribution is 6.01. The first-order chi connectivity index (χ1) is 13.9. The zero-order valence-electron chi connectivity index (χ0n) is 18.2. The van der Waals surface area contributed by atoms with Gasteiger partial charge in [0.2, 0.25) is 5.78 Å². The van der Waals surface area contributed by atoms with Crippen molar-refractivity contribution in [3.05, 3.63) is 23.8 Å². The first kappa shape index (κ1) is 21.4. The van der Waals surface area contributed by atoms with E-state index in [2.05, 4.69) is 13.8 Å². The maximum absolute atomic E-state index is 12.9.